The van der Waals surface area contributed by atoms with Crippen LogP contribution in [-0.2, 0) is 15.7 Å². The van der Waals surface area contributed by atoms with Gasteiger partial charge in [-0.25, -0.2) is 37.4 Å². The molecule has 0 aliphatic heterocycles. The minimum absolute atomic E-state index is 0.0383. The largest absolute Gasteiger partial charge is 0.464 e. The van der Waals surface area contributed by atoms with Crippen molar-refractivity contribution < 1.29 is 41.0 Å². The lowest BCUT2D eigenvalue weighted by atomic mass is 10.1. The van der Waals surface area contributed by atoms with Gasteiger partial charge in [0.2, 0.25) is 0 Å². The third kappa shape index (κ3) is 6.64. The molecule has 0 fully saturated rings. The fraction of sp³-hybridized carbons (Fsp3) is 0.103. The van der Waals surface area contributed by atoms with E-state index < -0.39 is 35.1 Å². The summed E-state index contributed by atoms with van der Waals surface area (Å²) >= 11 is 3.39. The molecule has 10 nitrogen and oxygen atoms in total. The van der Waals surface area contributed by atoms with E-state index in [-0.39, 0.29) is 28.5 Å². The molecule has 230 valence electrons. The molecule has 0 aliphatic rings. The summed E-state index contributed by atoms with van der Waals surface area (Å²) in [6.45, 7) is 0. The number of halogens is 6. The van der Waals surface area contributed by atoms with Crippen LogP contribution in [0.15, 0.2) is 77.5 Å². The quantitative estimate of drug-likeness (QED) is 0.154. The molecule has 0 unspecified atom stereocenters. The maximum Gasteiger partial charge on any atom is 0.420 e. The van der Waals surface area contributed by atoms with Crippen LogP contribution in [0.25, 0.3) is 33.8 Å². The van der Waals surface area contributed by atoms with Gasteiger partial charge in [-0.3, -0.25) is 0 Å². The van der Waals surface area contributed by atoms with E-state index in [1.165, 1.54) is 42.1 Å². The van der Waals surface area contributed by atoms with Crippen LogP contribution in [0, 0.1) is 11.6 Å². The molecule has 16 heteroatoms. The number of rotatable bonds is 4. The Morgan fingerprint density at radius 2 is 1.13 bits per heavy atom. The lowest BCUT2D eigenvalue weighted by Gasteiger charge is -2.10. The van der Waals surface area contributed by atoms with Crippen molar-refractivity contribution in [3.8, 4) is 22.5 Å². The van der Waals surface area contributed by atoms with Gasteiger partial charge in [-0.2, -0.15) is 23.4 Å². The lowest BCUT2D eigenvalue weighted by molar-refractivity contribution is -0.136. The number of methoxy groups -OCH3 is 2. The zero-order chi connectivity index (χ0) is 32.5. The Morgan fingerprint density at radius 1 is 0.711 bits per heavy atom. The van der Waals surface area contributed by atoms with Crippen LogP contribution >= 0.6 is 15.9 Å². The van der Waals surface area contributed by atoms with Crippen LogP contribution in [0.2, 0.25) is 0 Å². The maximum atomic E-state index is 13.3. The molecule has 6 rings (SSSR count). The number of imidazole rings is 2. The summed E-state index contributed by atoms with van der Waals surface area (Å²) in [5.74, 6) is -2.24. The van der Waals surface area contributed by atoms with Crippen LogP contribution in [0.5, 0.6) is 0 Å². The van der Waals surface area contributed by atoms with Crippen molar-refractivity contribution in [3.63, 3.8) is 0 Å². The molecular weight excluding hydrogens is 671 g/mol. The number of benzene rings is 2. The minimum Gasteiger partial charge on any atom is -0.464 e. The SMILES string of the molecule is COC(=O)c1cn2nc(-c3ccc(F)cc3)cc(Br)c2n1.COC(=O)c1cn2nc(-c3ccc(F)cc3)cc(C(F)(F)F)c2n1. The Morgan fingerprint density at radius 3 is 1.58 bits per heavy atom. The van der Waals surface area contributed by atoms with Crippen molar-refractivity contribution >= 4 is 39.2 Å². The van der Waals surface area contributed by atoms with Gasteiger partial charge in [-0.05, 0) is 76.6 Å². The van der Waals surface area contributed by atoms with Crippen LogP contribution < -0.4 is 0 Å². The fourth-order valence-electron chi connectivity index (χ4n) is 4.05. The zero-order valence-electron chi connectivity index (χ0n) is 23.0. The molecule has 2 aromatic carbocycles. The lowest BCUT2D eigenvalue weighted by Crippen LogP contribution is -2.10. The van der Waals surface area contributed by atoms with Crippen molar-refractivity contribution in [2.24, 2.45) is 0 Å². The van der Waals surface area contributed by atoms with Gasteiger partial charge in [-0.15, -0.1) is 0 Å². The van der Waals surface area contributed by atoms with E-state index in [1.807, 2.05) is 0 Å². The van der Waals surface area contributed by atoms with Gasteiger partial charge in [0.15, 0.2) is 22.7 Å². The third-order valence-corrected chi connectivity index (χ3v) is 6.76. The van der Waals surface area contributed by atoms with Crippen LogP contribution in [0.4, 0.5) is 22.0 Å². The van der Waals surface area contributed by atoms with Gasteiger partial charge < -0.3 is 9.47 Å². The molecule has 6 aromatic rings. The predicted molar refractivity (Wildman–Crippen MR) is 152 cm³/mol. The topological polar surface area (TPSA) is 113 Å². The molecule has 0 amide bonds. The van der Waals surface area contributed by atoms with Gasteiger partial charge in [0.05, 0.1) is 42.5 Å². The summed E-state index contributed by atoms with van der Waals surface area (Å²) in [7, 11) is 2.38. The summed E-state index contributed by atoms with van der Waals surface area (Å²) in [5, 5.41) is 8.38. The Bertz CT molecular complexity index is 2040. The average Bonchev–Trinajstić information content (AvgIpc) is 3.65. The molecule has 4 heterocycles. The van der Waals surface area contributed by atoms with Gasteiger partial charge >= 0.3 is 18.1 Å². The molecule has 0 saturated heterocycles. The number of aromatic nitrogens is 6. The Balaban J connectivity index is 0.000000179. The van der Waals surface area contributed by atoms with Crippen molar-refractivity contribution in [3.05, 3.63) is 106 Å². The van der Waals surface area contributed by atoms with E-state index in [0.29, 0.717) is 15.8 Å². The van der Waals surface area contributed by atoms with Crippen LogP contribution in [0.1, 0.15) is 26.5 Å². The maximum absolute atomic E-state index is 13.3. The smallest absolute Gasteiger partial charge is 0.420 e. The predicted octanol–water partition coefficient (Wildman–Crippen LogP) is 6.43. The Labute approximate surface area is 258 Å². The number of alkyl halides is 3. The number of fused-ring (bicyclic) bond motifs is 2. The molecule has 0 atom stereocenters. The number of carbonyl (C=O) groups excluding carboxylic acids is 2. The summed E-state index contributed by atoms with van der Waals surface area (Å²) in [5.41, 5.74) is 0.423. The summed E-state index contributed by atoms with van der Waals surface area (Å²) in [6, 6.07) is 13.4. The van der Waals surface area contributed by atoms with E-state index in [2.05, 4.69) is 45.6 Å². The molecule has 0 saturated carbocycles. The Kier molecular flexibility index (Phi) is 8.59. The summed E-state index contributed by atoms with van der Waals surface area (Å²) in [4.78, 5) is 30.8. The van der Waals surface area contributed by atoms with Crippen molar-refractivity contribution in [1.82, 2.24) is 29.2 Å². The van der Waals surface area contributed by atoms with Gasteiger partial charge in [0, 0.05) is 11.1 Å². The van der Waals surface area contributed by atoms with E-state index in [0.717, 1.165) is 41.6 Å². The van der Waals surface area contributed by atoms with Gasteiger partial charge in [0.25, 0.3) is 0 Å². The number of hydrogen-bond donors (Lipinski definition) is 0. The molecule has 4 aromatic heterocycles. The van der Waals surface area contributed by atoms with Crippen LogP contribution in [0.3, 0.4) is 0 Å². The fourth-order valence-corrected chi connectivity index (χ4v) is 4.54. The van der Waals surface area contributed by atoms with E-state index in [4.69, 9.17) is 0 Å². The molecule has 0 radical (unpaired) electrons. The first-order valence-electron chi connectivity index (χ1n) is 12.6. The first-order chi connectivity index (χ1) is 21.4. The molecule has 0 spiro atoms. The molecular formula is C29H18BrF5N6O4. The van der Waals surface area contributed by atoms with Crippen molar-refractivity contribution in [2.45, 2.75) is 6.18 Å². The highest BCUT2D eigenvalue weighted by Gasteiger charge is 2.35. The number of carbonyl (C=O) groups is 2. The standard InChI is InChI=1S/C15H9F4N3O2.C14H9BrFN3O2/c1-24-14(23)12-7-22-13(20-12)10(15(17,18)19)6-11(21-22)8-2-4-9(16)5-3-8;1-21-14(20)12-7-19-13(17-12)10(15)6-11(18-19)8-2-4-9(16)5-3-8/h2-7H,1H3;2-7H,1H3. The first kappa shape index (κ1) is 31.2. The number of ether oxygens (including phenoxy) is 2. The third-order valence-electron chi connectivity index (χ3n) is 6.18. The highest BCUT2D eigenvalue weighted by atomic mass is 79.9. The summed E-state index contributed by atoms with van der Waals surface area (Å²) < 4.78 is 78.0. The highest BCUT2D eigenvalue weighted by Crippen LogP contribution is 2.34. The zero-order valence-corrected chi connectivity index (χ0v) is 24.6. The normalized spacial score (nSPS) is 11.3. The number of nitrogens with zero attached hydrogens (tertiary/aromatic N) is 6. The monoisotopic (exact) mass is 688 g/mol. The molecule has 0 N–H and O–H groups in total. The second-order valence-corrected chi connectivity index (χ2v) is 9.96. The molecule has 45 heavy (non-hydrogen) atoms. The average molecular weight is 689 g/mol. The van der Waals surface area contributed by atoms with E-state index in [9.17, 15) is 31.5 Å². The van der Waals surface area contributed by atoms with Gasteiger partial charge in [-0.1, -0.05) is 0 Å². The second kappa shape index (κ2) is 12.4. The van der Waals surface area contributed by atoms with Crippen molar-refractivity contribution in [1.29, 1.82) is 0 Å². The first-order valence-corrected chi connectivity index (χ1v) is 13.4. The Hall–Kier alpha value is -5.25. The van der Waals surface area contributed by atoms with E-state index in [1.54, 1.807) is 18.2 Å². The van der Waals surface area contributed by atoms with Crippen LogP contribution in [-0.4, -0.2) is 55.4 Å². The molecule has 0 bridgehead atoms. The minimum atomic E-state index is -4.71. The highest BCUT2D eigenvalue weighted by molar-refractivity contribution is 9.10. The summed E-state index contributed by atoms with van der Waals surface area (Å²) in [6.07, 6.45) is -2.18. The van der Waals surface area contributed by atoms with Gasteiger partial charge in [0.1, 0.15) is 17.2 Å². The number of hydrogen-bond acceptors (Lipinski definition) is 8. The van der Waals surface area contributed by atoms with Crippen molar-refractivity contribution in [2.75, 3.05) is 14.2 Å². The number of esters is 2. The second-order valence-electron chi connectivity index (χ2n) is 9.10. The molecule has 0 aliphatic carbocycles. The van der Waals surface area contributed by atoms with E-state index >= 15 is 0 Å².